The van der Waals surface area contributed by atoms with Crippen molar-refractivity contribution in [3.05, 3.63) is 47.0 Å². The van der Waals surface area contributed by atoms with Crippen LogP contribution in [0.1, 0.15) is 65.3 Å². The van der Waals surface area contributed by atoms with E-state index in [1.54, 1.807) is 4.90 Å². The van der Waals surface area contributed by atoms with Gasteiger partial charge in [0.25, 0.3) is 0 Å². The zero-order valence-corrected chi connectivity index (χ0v) is 21.0. The molecule has 7 nitrogen and oxygen atoms in total. The second kappa shape index (κ2) is 10.8. The smallest absolute Gasteiger partial charge is 0.410 e. The van der Waals surface area contributed by atoms with E-state index in [2.05, 4.69) is 17.0 Å². The summed E-state index contributed by atoms with van der Waals surface area (Å²) in [5.41, 5.74) is 1.62. The van der Waals surface area contributed by atoms with Crippen LogP contribution in [0.4, 0.5) is 4.79 Å². The van der Waals surface area contributed by atoms with E-state index in [9.17, 15) is 9.59 Å². The molecule has 0 spiro atoms. The third kappa shape index (κ3) is 6.12. The first-order chi connectivity index (χ1) is 16.3. The summed E-state index contributed by atoms with van der Waals surface area (Å²) in [5, 5.41) is 0. The Balaban J connectivity index is 1.47. The van der Waals surface area contributed by atoms with Crippen LogP contribution in [0.25, 0.3) is 11.3 Å². The van der Waals surface area contributed by atoms with Crippen molar-refractivity contribution in [3.8, 4) is 11.3 Å². The summed E-state index contributed by atoms with van der Waals surface area (Å²) in [6.07, 6.45) is 8.16. The van der Waals surface area contributed by atoms with Crippen LogP contribution in [-0.4, -0.2) is 63.4 Å². The van der Waals surface area contributed by atoms with Gasteiger partial charge in [-0.25, -0.2) is 9.59 Å². The molecular weight excluding hydrogens is 428 g/mol. The lowest BCUT2D eigenvalue weighted by Gasteiger charge is -2.33. The molecule has 0 N–H and O–H groups in total. The van der Waals surface area contributed by atoms with E-state index in [0.29, 0.717) is 13.1 Å². The summed E-state index contributed by atoms with van der Waals surface area (Å²) in [6, 6.07) is 10.3. The van der Waals surface area contributed by atoms with Crippen LogP contribution in [0.15, 0.2) is 41.3 Å². The van der Waals surface area contributed by atoms with E-state index < -0.39 is 5.60 Å². The van der Waals surface area contributed by atoms with Crippen molar-refractivity contribution in [1.29, 1.82) is 0 Å². The summed E-state index contributed by atoms with van der Waals surface area (Å²) in [4.78, 5) is 30.3. The molecule has 4 rings (SSSR count). The van der Waals surface area contributed by atoms with Gasteiger partial charge in [0, 0.05) is 31.9 Å². The molecule has 7 heteroatoms. The summed E-state index contributed by atoms with van der Waals surface area (Å²) in [6.45, 7) is 11.0. The number of hydrogen-bond acceptors (Lipinski definition) is 4. The highest BCUT2D eigenvalue weighted by Crippen LogP contribution is 2.26. The minimum Gasteiger partial charge on any atom is -0.444 e. The molecule has 3 heterocycles. The van der Waals surface area contributed by atoms with Gasteiger partial charge in [0.2, 0.25) is 0 Å². The van der Waals surface area contributed by atoms with Gasteiger partial charge in [-0.1, -0.05) is 36.8 Å². The molecule has 0 atom stereocenters. The molecule has 0 aliphatic carbocycles. The highest BCUT2D eigenvalue weighted by molar-refractivity contribution is 5.68. The molecule has 2 aliphatic rings. The minimum absolute atomic E-state index is 0.0632. The van der Waals surface area contributed by atoms with Gasteiger partial charge in [0.05, 0.1) is 5.69 Å². The number of likely N-dealkylation sites (tertiary alicyclic amines) is 2. The van der Waals surface area contributed by atoms with Crippen LogP contribution >= 0.6 is 0 Å². The first-order valence-electron chi connectivity index (χ1n) is 12.9. The number of ether oxygens (including phenoxy) is 1. The Hall–Kier alpha value is -2.54. The van der Waals surface area contributed by atoms with Crippen LogP contribution in [0, 0.1) is 0 Å². The number of carbonyl (C=O) groups excluding carboxylic acids is 1. The first kappa shape index (κ1) is 24.6. The molecule has 0 bridgehead atoms. The van der Waals surface area contributed by atoms with E-state index in [1.807, 2.05) is 54.3 Å². The number of benzene rings is 1. The largest absolute Gasteiger partial charge is 0.444 e. The highest BCUT2D eigenvalue weighted by atomic mass is 16.6. The molecule has 2 aromatic rings. The van der Waals surface area contributed by atoms with Crippen LogP contribution in [0.5, 0.6) is 0 Å². The third-order valence-corrected chi connectivity index (χ3v) is 6.89. The summed E-state index contributed by atoms with van der Waals surface area (Å²) >= 11 is 0. The standard InChI is InChI=1S/C27H40N4O3/c1-27(2,3)34-26(33)29-19-13-23(14-20-29)31-21-24(22-11-6-4-7-12-22)30(25(31)32)18-10-17-28-15-8-5-9-16-28/h4,6-7,11-12,21,23H,5,8-10,13-20H2,1-3H3. The molecule has 2 saturated heterocycles. The minimum atomic E-state index is -0.499. The number of amides is 1. The van der Waals surface area contributed by atoms with Crippen LogP contribution in [0.2, 0.25) is 0 Å². The second-order valence-corrected chi connectivity index (χ2v) is 10.7. The maximum Gasteiger partial charge on any atom is 0.410 e. The Bertz CT molecular complexity index is 991. The van der Waals surface area contributed by atoms with Gasteiger partial charge >= 0.3 is 11.8 Å². The van der Waals surface area contributed by atoms with Crippen molar-refractivity contribution in [1.82, 2.24) is 18.9 Å². The maximum absolute atomic E-state index is 13.6. The first-order valence-corrected chi connectivity index (χ1v) is 12.9. The van der Waals surface area contributed by atoms with E-state index in [4.69, 9.17) is 4.74 Å². The molecule has 1 aromatic carbocycles. The molecule has 0 radical (unpaired) electrons. The van der Waals surface area contributed by atoms with Crippen molar-refractivity contribution >= 4 is 6.09 Å². The van der Waals surface area contributed by atoms with Gasteiger partial charge < -0.3 is 14.5 Å². The van der Waals surface area contributed by atoms with Crippen LogP contribution < -0.4 is 5.69 Å². The molecule has 1 aromatic heterocycles. The third-order valence-electron chi connectivity index (χ3n) is 6.89. The Kier molecular flexibility index (Phi) is 7.81. The fourth-order valence-corrected chi connectivity index (χ4v) is 5.10. The Morgan fingerprint density at radius 1 is 0.971 bits per heavy atom. The normalized spacial score (nSPS) is 18.3. The molecular formula is C27H40N4O3. The van der Waals surface area contributed by atoms with Crippen LogP contribution in [-0.2, 0) is 11.3 Å². The molecule has 34 heavy (non-hydrogen) atoms. The van der Waals surface area contributed by atoms with Gasteiger partial charge in [0.1, 0.15) is 5.60 Å². The van der Waals surface area contributed by atoms with Gasteiger partial charge in [-0.2, -0.15) is 0 Å². The zero-order chi connectivity index (χ0) is 24.1. The Morgan fingerprint density at radius 3 is 2.29 bits per heavy atom. The molecule has 2 aliphatic heterocycles. The Morgan fingerprint density at radius 2 is 1.65 bits per heavy atom. The van der Waals surface area contributed by atoms with Gasteiger partial charge in [-0.3, -0.25) is 9.13 Å². The molecule has 0 unspecified atom stereocenters. The monoisotopic (exact) mass is 468 g/mol. The molecule has 0 saturated carbocycles. The maximum atomic E-state index is 13.6. The van der Waals surface area contributed by atoms with Gasteiger partial charge in [-0.15, -0.1) is 0 Å². The fourth-order valence-electron chi connectivity index (χ4n) is 5.10. The molecule has 1 amide bonds. The summed E-state index contributed by atoms with van der Waals surface area (Å²) in [5.74, 6) is 0. The SMILES string of the molecule is CC(C)(C)OC(=O)N1CCC(n2cc(-c3ccccc3)n(CCCN3CCCCC3)c2=O)CC1. The van der Waals surface area contributed by atoms with Gasteiger partial charge in [-0.05, 0) is 78.1 Å². The lowest BCUT2D eigenvalue weighted by atomic mass is 10.1. The summed E-state index contributed by atoms with van der Waals surface area (Å²) in [7, 11) is 0. The van der Waals surface area contributed by atoms with Crippen LogP contribution in [0.3, 0.4) is 0 Å². The average Bonchev–Trinajstić information content (AvgIpc) is 3.15. The number of aromatic nitrogens is 2. The molecule has 2 fully saturated rings. The lowest BCUT2D eigenvalue weighted by molar-refractivity contribution is 0.0187. The number of hydrogen-bond donors (Lipinski definition) is 0. The lowest BCUT2D eigenvalue weighted by Crippen LogP contribution is -2.43. The predicted molar refractivity (Wildman–Crippen MR) is 135 cm³/mol. The van der Waals surface area contributed by atoms with Crippen molar-refractivity contribution in [2.24, 2.45) is 0 Å². The Labute approximate surface area is 203 Å². The predicted octanol–water partition coefficient (Wildman–Crippen LogP) is 4.76. The summed E-state index contributed by atoms with van der Waals surface area (Å²) < 4.78 is 9.40. The average molecular weight is 469 g/mol. The number of carbonyl (C=O) groups is 1. The van der Waals surface area contributed by atoms with Crippen molar-refractivity contribution in [2.45, 2.75) is 77.5 Å². The number of rotatable bonds is 6. The number of nitrogens with zero attached hydrogens (tertiary/aromatic N) is 4. The quantitative estimate of drug-likeness (QED) is 0.613. The fraction of sp³-hybridized carbons (Fsp3) is 0.630. The highest BCUT2D eigenvalue weighted by Gasteiger charge is 2.29. The zero-order valence-electron chi connectivity index (χ0n) is 21.0. The van der Waals surface area contributed by atoms with Crippen molar-refractivity contribution in [3.63, 3.8) is 0 Å². The van der Waals surface area contributed by atoms with Crippen molar-refractivity contribution in [2.75, 3.05) is 32.7 Å². The van der Waals surface area contributed by atoms with E-state index in [-0.39, 0.29) is 17.8 Å². The van der Waals surface area contributed by atoms with E-state index >= 15 is 0 Å². The van der Waals surface area contributed by atoms with Crippen molar-refractivity contribution < 1.29 is 9.53 Å². The van der Waals surface area contributed by atoms with Gasteiger partial charge in [0.15, 0.2) is 0 Å². The van der Waals surface area contributed by atoms with E-state index in [1.165, 1.54) is 32.4 Å². The molecule has 186 valence electrons. The second-order valence-electron chi connectivity index (χ2n) is 10.7. The number of imidazole rings is 1. The topological polar surface area (TPSA) is 59.7 Å². The van der Waals surface area contributed by atoms with E-state index in [0.717, 1.165) is 43.6 Å². The number of piperidine rings is 2.